The lowest BCUT2D eigenvalue weighted by atomic mass is 10.1. The molecule has 0 spiro atoms. The molecule has 0 fully saturated rings. The summed E-state index contributed by atoms with van der Waals surface area (Å²) in [6.07, 6.45) is 0.198. The maximum Gasteiger partial charge on any atom is 0.310 e. The van der Waals surface area contributed by atoms with Crippen LogP contribution in [0.25, 0.3) is 10.8 Å². The number of hydrogen-bond donors (Lipinski definition) is 0. The number of aryl methyl sites for hydroxylation is 2. The third kappa shape index (κ3) is 4.86. The average Bonchev–Trinajstić information content (AvgIpc) is 3.22. The van der Waals surface area contributed by atoms with Crippen molar-refractivity contribution in [2.45, 2.75) is 33.8 Å². The second-order valence-corrected chi connectivity index (χ2v) is 8.62. The summed E-state index contributed by atoms with van der Waals surface area (Å²) in [5.74, 6) is -0.432. The molecule has 0 bridgehead atoms. The van der Waals surface area contributed by atoms with Crippen molar-refractivity contribution in [2.75, 3.05) is 4.90 Å². The topological polar surface area (TPSA) is 59.5 Å². The van der Waals surface area contributed by atoms with Crippen molar-refractivity contribution in [3.63, 3.8) is 0 Å². The molecule has 162 valence electrons. The summed E-state index contributed by atoms with van der Waals surface area (Å²) in [6.45, 7) is 5.58. The molecule has 0 aliphatic carbocycles. The van der Waals surface area contributed by atoms with E-state index in [0.717, 1.165) is 33.2 Å². The first-order valence-corrected chi connectivity index (χ1v) is 11.2. The number of thiazole rings is 1. The fourth-order valence-corrected chi connectivity index (χ4v) is 4.51. The van der Waals surface area contributed by atoms with E-state index in [1.807, 2.05) is 79.9 Å². The van der Waals surface area contributed by atoms with Gasteiger partial charge in [0.1, 0.15) is 6.61 Å². The number of nitrogens with zero attached hydrogens (tertiary/aromatic N) is 2. The molecule has 0 N–H and O–H groups in total. The van der Waals surface area contributed by atoms with Crippen molar-refractivity contribution in [2.24, 2.45) is 0 Å². The first-order valence-electron chi connectivity index (χ1n) is 10.4. The van der Waals surface area contributed by atoms with Crippen LogP contribution >= 0.6 is 11.3 Å². The quantitative estimate of drug-likeness (QED) is 0.348. The number of rotatable bonds is 6. The Morgan fingerprint density at radius 1 is 1.00 bits per heavy atom. The summed E-state index contributed by atoms with van der Waals surface area (Å²) >= 11 is 1.35. The van der Waals surface area contributed by atoms with Crippen molar-refractivity contribution < 1.29 is 14.3 Å². The van der Waals surface area contributed by atoms with E-state index >= 15 is 0 Å². The van der Waals surface area contributed by atoms with Crippen molar-refractivity contribution in [1.29, 1.82) is 0 Å². The Morgan fingerprint density at radius 3 is 2.53 bits per heavy atom. The van der Waals surface area contributed by atoms with Crippen molar-refractivity contribution in [3.05, 3.63) is 88.4 Å². The second kappa shape index (κ2) is 9.32. The second-order valence-electron chi connectivity index (χ2n) is 7.78. The largest absolute Gasteiger partial charge is 0.459 e. The molecule has 1 aromatic heterocycles. The molecule has 4 aromatic rings. The van der Waals surface area contributed by atoms with E-state index in [2.05, 4.69) is 4.98 Å². The summed E-state index contributed by atoms with van der Waals surface area (Å²) in [5.41, 5.74) is 4.46. The van der Waals surface area contributed by atoms with Gasteiger partial charge < -0.3 is 4.74 Å². The van der Waals surface area contributed by atoms with E-state index in [9.17, 15) is 9.59 Å². The summed E-state index contributed by atoms with van der Waals surface area (Å²) in [7, 11) is 0. The number of anilines is 2. The maximum atomic E-state index is 12.4. The van der Waals surface area contributed by atoms with Gasteiger partial charge in [-0.15, -0.1) is 11.3 Å². The highest BCUT2D eigenvalue weighted by molar-refractivity contribution is 7.14. The van der Waals surface area contributed by atoms with Crippen LogP contribution in [0.15, 0.2) is 66.0 Å². The van der Waals surface area contributed by atoms with Gasteiger partial charge in [0.25, 0.3) is 0 Å². The van der Waals surface area contributed by atoms with Gasteiger partial charge in [-0.3, -0.25) is 14.5 Å². The number of esters is 1. The van der Waals surface area contributed by atoms with Gasteiger partial charge in [0.15, 0.2) is 5.13 Å². The molecular formula is C26H24N2O3S. The summed E-state index contributed by atoms with van der Waals surface area (Å²) < 4.78 is 5.44. The number of hydrogen-bond acceptors (Lipinski definition) is 5. The van der Waals surface area contributed by atoms with Crippen molar-refractivity contribution in [3.8, 4) is 0 Å². The van der Waals surface area contributed by atoms with Crippen LogP contribution in [-0.4, -0.2) is 16.9 Å². The molecular weight excluding hydrogens is 420 g/mol. The van der Waals surface area contributed by atoms with Gasteiger partial charge in [-0.1, -0.05) is 60.2 Å². The van der Waals surface area contributed by atoms with E-state index < -0.39 is 0 Å². The van der Waals surface area contributed by atoms with Crippen molar-refractivity contribution in [1.82, 2.24) is 4.98 Å². The zero-order valence-corrected chi connectivity index (χ0v) is 19.1. The number of amides is 1. The van der Waals surface area contributed by atoms with Gasteiger partial charge >= 0.3 is 5.97 Å². The third-order valence-electron chi connectivity index (χ3n) is 5.18. The first-order chi connectivity index (χ1) is 15.4. The fraction of sp³-hybridized carbons (Fsp3) is 0.192. The predicted octanol–water partition coefficient (Wildman–Crippen LogP) is 5.88. The minimum absolute atomic E-state index is 0.0710. The molecule has 0 unspecified atom stereocenters. The lowest BCUT2D eigenvalue weighted by Crippen LogP contribution is -2.23. The van der Waals surface area contributed by atoms with Crippen LogP contribution in [0.2, 0.25) is 0 Å². The molecule has 0 saturated heterocycles. The van der Waals surface area contributed by atoms with E-state index in [4.69, 9.17) is 4.74 Å². The zero-order valence-electron chi connectivity index (χ0n) is 18.3. The minimum Gasteiger partial charge on any atom is -0.459 e. The molecule has 32 heavy (non-hydrogen) atoms. The SMILES string of the molecule is CC(=O)N(c1nc(COC(=O)Cc2ccc3ccccc3c2)cs1)c1ccc(C)cc1C. The van der Waals surface area contributed by atoms with Crippen LogP contribution in [0, 0.1) is 13.8 Å². The van der Waals surface area contributed by atoms with Crippen LogP contribution in [-0.2, 0) is 27.4 Å². The maximum absolute atomic E-state index is 12.4. The molecule has 0 aliphatic rings. The molecule has 0 saturated carbocycles. The summed E-state index contributed by atoms with van der Waals surface area (Å²) in [5, 5.41) is 4.61. The van der Waals surface area contributed by atoms with Crippen molar-refractivity contribution >= 4 is 44.8 Å². The van der Waals surface area contributed by atoms with E-state index in [1.165, 1.54) is 18.3 Å². The Labute approximate surface area is 191 Å². The Hall–Kier alpha value is -3.51. The lowest BCUT2D eigenvalue weighted by Gasteiger charge is -2.20. The monoisotopic (exact) mass is 444 g/mol. The Morgan fingerprint density at radius 2 is 1.78 bits per heavy atom. The van der Waals surface area contributed by atoms with Gasteiger partial charge in [-0.05, 0) is 41.8 Å². The van der Waals surface area contributed by atoms with E-state index in [1.54, 1.807) is 4.90 Å². The number of fused-ring (bicyclic) bond motifs is 1. The smallest absolute Gasteiger partial charge is 0.310 e. The number of carbonyl (C=O) groups is 2. The molecule has 4 rings (SSSR count). The number of benzene rings is 3. The Balaban J connectivity index is 1.42. The van der Waals surface area contributed by atoms with Gasteiger partial charge in [-0.2, -0.15) is 0 Å². The highest BCUT2D eigenvalue weighted by Gasteiger charge is 2.20. The lowest BCUT2D eigenvalue weighted by molar-refractivity contribution is -0.144. The van der Waals surface area contributed by atoms with Crippen LogP contribution in [0.4, 0.5) is 10.8 Å². The minimum atomic E-state index is -0.312. The summed E-state index contributed by atoms with van der Waals surface area (Å²) in [6, 6.07) is 19.9. The van der Waals surface area contributed by atoms with Gasteiger partial charge in [0, 0.05) is 12.3 Å². The molecule has 0 aliphatic heterocycles. The molecule has 3 aromatic carbocycles. The standard InChI is InChI=1S/C26H24N2O3S/c1-17-8-11-24(18(2)12-17)28(19(3)29)26-27-23(16-32-26)15-31-25(30)14-20-9-10-21-6-4-5-7-22(21)13-20/h4-13,16H,14-15H2,1-3H3. The number of aromatic nitrogens is 1. The fourth-order valence-electron chi connectivity index (χ4n) is 3.65. The van der Waals surface area contributed by atoms with Crippen LogP contribution < -0.4 is 4.90 Å². The highest BCUT2D eigenvalue weighted by atomic mass is 32.1. The molecule has 1 heterocycles. The Kier molecular flexibility index (Phi) is 6.32. The van der Waals surface area contributed by atoms with Gasteiger partial charge in [-0.25, -0.2) is 4.98 Å². The van der Waals surface area contributed by atoms with Crippen LogP contribution in [0.5, 0.6) is 0 Å². The third-order valence-corrected chi connectivity index (χ3v) is 6.06. The van der Waals surface area contributed by atoms with Gasteiger partial charge in [0.2, 0.25) is 5.91 Å². The molecule has 6 heteroatoms. The van der Waals surface area contributed by atoms with E-state index in [0.29, 0.717) is 10.8 Å². The molecule has 5 nitrogen and oxygen atoms in total. The van der Waals surface area contributed by atoms with Crippen LogP contribution in [0.1, 0.15) is 29.3 Å². The first kappa shape index (κ1) is 21.7. The normalized spacial score (nSPS) is 10.8. The number of carbonyl (C=O) groups excluding carboxylic acids is 2. The Bertz CT molecular complexity index is 1300. The molecule has 1 amide bonds. The van der Waals surface area contributed by atoms with E-state index in [-0.39, 0.29) is 24.9 Å². The molecule has 0 radical (unpaired) electrons. The number of ether oxygens (including phenoxy) is 1. The summed E-state index contributed by atoms with van der Waals surface area (Å²) in [4.78, 5) is 30.9. The zero-order chi connectivity index (χ0) is 22.7. The average molecular weight is 445 g/mol. The predicted molar refractivity (Wildman–Crippen MR) is 128 cm³/mol. The van der Waals surface area contributed by atoms with Gasteiger partial charge in [0.05, 0.1) is 17.8 Å². The molecule has 0 atom stereocenters. The highest BCUT2D eigenvalue weighted by Crippen LogP contribution is 2.32. The van der Waals surface area contributed by atoms with Crippen LogP contribution in [0.3, 0.4) is 0 Å².